The number of amides is 1. The number of nitrogens with zero attached hydrogens (tertiary/aromatic N) is 3. The Hall–Kier alpha value is -1.36. The number of aromatic nitrogens is 2. The van der Waals surface area contributed by atoms with Gasteiger partial charge in [0, 0.05) is 31.4 Å². The third-order valence-electron chi connectivity index (χ3n) is 6.06. The van der Waals surface area contributed by atoms with Crippen LogP contribution in [0.3, 0.4) is 0 Å². The van der Waals surface area contributed by atoms with Crippen LogP contribution < -0.4 is 5.32 Å². The lowest BCUT2D eigenvalue weighted by molar-refractivity contribution is -0.127. The van der Waals surface area contributed by atoms with Gasteiger partial charge in [-0.25, -0.2) is 4.98 Å². The van der Waals surface area contributed by atoms with Gasteiger partial charge in [0.25, 0.3) is 0 Å². The maximum atomic E-state index is 12.8. The average molecular weight is 347 g/mol. The molecule has 1 aliphatic heterocycles. The van der Waals surface area contributed by atoms with E-state index in [4.69, 9.17) is 0 Å². The first-order valence-electron chi connectivity index (χ1n) is 10.2. The highest BCUT2D eigenvalue weighted by Crippen LogP contribution is 2.28. The van der Waals surface area contributed by atoms with E-state index in [1.165, 1.54) is 32.1 Å². The first kappa shape index (κ1) is 18.4. The Morgan fingerprint density at radius 2 is 1.96 bits per heavy atom. The van der Waals surface area contributed by atoms with Crippen LogP contribution in [0.1, 0.15) is 76.6 Å². The van der Waals surface area contributed by atoms with Crippen LogP contribution in [0.2, 0.25) is 0 Å². The minimum absolute atomic E-state index is 0.0360. The van der Waals surface area contributed by atoms with E-state index in [1.807, 2.05) is 24.0 Å². The van der Waals surface area contributed by atoms with Crippen molar-refractivity contribution >= 4 is 5.91 Å². The van der Waals surface area contributed by atoms with Crippen molar-refractivity contribution in [2.45, 2.75) is 76.8 Å². The summed E-state index contributed by atoms with van der Waals surface area (Å²) in [6.07, 6.45) is 14.6. The monoisotopic (exact) mass is 346 g/mol. The summed E-state index contributed by atoms with van der Waals surface area (Å²) in [5, 5.41) is 3.28. The fourth-order valence-electron chi connectivity index (χ4n) is 4.53. The van der Waals surface area contributed by atoms with Gasteiger partial charge in [-0.3, -0.25) is 4.79 Å². The maximum Gasteiger partial charge on any atom is 0.223 e. The molecule has 5 nitrogen and oxygen atoms in total. The van der Waals surface area contributed by atoms with E-state index in [0.29, 0.717) is 0 Å². The number of rotatable bonds is 6. The Morgan fingerprint density at radius 1 is 1.24 bits per heavy atom. The van der Waals surface area contributed by atoms with Gasteiger partial charge in [-0.15, -0.1) is 0 Å². The van der Waals surface area contributed by atoms with Crippen molar-refractivity contribution in [3.8, 4) is 0 Å². The third kappa shape index (κ3) is 4.63. The summed E-state index contributed by atoms with van der Waals surface area (Å²) in [5.41, 5.74) is 0. The fraction of sp³-hybridized carbons (Fsp3) is 0.800. The molecule has 3 rings (SSSR count). The molecule has 5 heteroatoms. The normalized spacial score (nSPS) is 22.0. The standard InChI is InChI=1S/C20H34N4O/c1-3-7-18(19-21-12-15-23(19)2)22-20(25)16-10-13-24(14-11-16)17-8-5-4-6-9-17/h12,15-18H,3-11,13-14H2,1-2H3,(H,22,25)/t18-/m1/s1. The molecular weight excluding hydrogens is 312 g/mol. The van der Waals surface area contributed by atoms with Gasteiger partial charge in [-0.1, -0.05) is 32.6 Å². The molecular formula is C20H34N4O. The topological polar surface area (TPSA) is 50.2 Å². The van der Waals surface area contributed by atoms with Gasteiger partial charge in [0.15, 0.2) is 0 Å². The van der Waals surface area contributed by atoms with Gasteiger partial charge in [0.05, 0.1) is 6.04 Å². The average Bonchev–Trinajstić information content (AvgIpc) is 3.08. The molecule has 0 aromatic carbocycles. The molecule has 1 saturated carbocycles. The zero-order chi connectivity index (χ0) is 17.6. The molecule has 2 fully saturated rings. The summed E-state index contributed by atoms with van der Waals surface area (Å²) >= 11 is 0. The number of carbonyl (C=O) groups excluding carboxylic acids is 1. The molecule has 0 bridgehead atoms. The molecule has 1 aliphatic carbocycles. The van der Waals surface area contributed by atoms with Gasteiger partial charge < -0.3 is 14.8 Å². The van der Waals surface area contributed by atoms with E-state index in [9.17, 15) is 4.79 Å². The second kappa shape index (κ2) is 8.84. The number of aryl methyl sites for hydroxylation is 1. The lowest BCUT2D eigenvalue weighted by atomic mass is 9.89. The first-order chi connectivity index (χ1) is 12.2. The molecule has 1 amide bonds. The molecule has 25 heavy (non-hydrogen) atoms. The summed E-state index contributed by atoms with van der Waals surface area (Å²) in [4.78, 5) is 19.9. The van der Waals surface area contributed by atoms with E-state index >= 15 is 0 Å². The van der Waals surface area contributed by atoms with E-state index in [1.54, 1.807) is 0 Å². The predicted molar refractivity (Wildman–Crippen MR) is 100 cm³/mol. The van der Waals surface area contributed by atoms with Crippen LogP contribution in [0.5, 0.6) is 0 Å². The van der Waals surface area contributed by atoms with Crippen LogP contribution >= 0.6 is 0 Å². The van der Waals surface area contributed by atoms with Crippen molar-refractivity contribution in [3.63, 3.8) is 0 Å². The highest BCUT2D eigenvalue weighted by Gasteiger charge is 2.30. The van der Waals surface area contributed by atoms with Crippen molar-refractivity contribution < 1.29 is 4.79 Å². The molecule has 1 atom stereocenters. The number of piperidine rings is 1. The van der Waals surface area contributed by atoms with Gasteiger partial charge in [-0.05, 0) is 45.2 Å². The molecule has 2 heterocycles. The Bertz CT molecular complexity index is 542. The minimum Gasteiger partial charge on any atom is -0.346 e. The van der Waals surface area contributed by atoms with Crippen molar-refractivity contribution in [1.29, 1.82) is 0 Å². The Morgan fingerprint density at radius 3 is 2.56 bits per heavy atom. The molecule has 1 aromatic heterocycles. The number of nitrogens with one attached hydrogen (secondary N) is 1. The number of imidazole rings is 1. The Kier molecular flexibility index (Phi) is 6.51. The summed E-state index contributed by atoms with van der Waals surface area (Å²) in [6, 6.07) is 0.812. The number of likely N-dealkylation sites (tertiary alicyclic amines) is 1. The van der Waals surface area contributed by atoms with Gasteiger partial charge in [0.1, 0.15) is 5.82 Å². The second-order valence-corrected chi connectivity index (χ2v) is 7.85. The smallest absolute Gasteiger partial charge is 0.223 e. The second-order valence-electron chi connectivity index (χ2n) is 7.85. The van der Waals surface area contributed by atoms with E-state index in [2.05, 4.69) is 22.1 Å². The van der Waals surface area contributed by atoms with Crippen LogP contribution in [0.25, 0.3) is 0 Å². The van der Waals surface area contributed by atoms with Crippen molar-refractivity contribution in [3.05, 3.63) is 18.2 Å². The van der Waals surface area contributed by atoms with E-state index in [0.717, 1.165) is 50.6 Å². The molecule has 1 saturated heterocycles. The highest BCUT2D eigenvalue weighted by atomic mass is 16.2. The molecule has 2 aliphatic rings. The van der Waals surface area contributed by atoms with Crippen molar-refractivity contribution in [2.24, 2.45) is 13.0 Å². The first-order valence-corrected chi connectivity index (χ1v) is 10.2. The molecule has 0 unspecified atom stereocenters. The van der Waals surface area contributed by atoms with Crippen LogP contribution in [-0.2, 0) is 11.8 Å². The Balaban J connectivity index is 1.52. The van der Waals surface area contributed by atoms with E-state index in [-0.39, 0.29) is 17.9 Å². The molecule has 1 N–H and O–H groups in total. The van der Waals surface area contributed by atoms with E-state index < -0.39 is 0 Å². The van der Waals surface area contributed by atoms with Gasteiger partial charge in [0.2, 0.25) is 5.91 Å². The lowest BCUT2D eigenvalue weighted by Crippen LogP contribution is -2.46. The number of hydrogen-bond donors (Lipinski definition) is 1. The molecule has 0 spiro atoms. The molecule has 0 radical (unpaired) electrons. The SMILES string of the molecule is CCC[C@@H](NC(=O)C1CCN(C2CCCCC2)CC1)c1nccn1C. The Labute approximate surface area is 152 Å². The predicted octanol–water partition coefficient (Wildman–Crippen LogP) is 3.42. The highest BCUT2D eigenvalue weighted by molar-refractivity contribution is 5.79. The van der Waals surface area contributed by atoms with Crippen molar-refractivity contribution in [2.75, 3.05) is 13.1 Å². The number of carbonyl (C=O) groups is 1. The largest absolute Gasteiger partial charge is 0.346 e. The summed E-state index contributed by atoms with van der Waals surface area (Å²) in [6.45, 7) is 4.33. The van der Waals surface area contributed by atoms with Crippen LogP contribution in [0.4, 0.5) is 0 Å². The van der Waals surface area contributed by atoms with Crippen LogP contribution in [-0.4, -0.2) is 39.5 Å². The van der Waals surface area contributed by atoms with Gasteiger partial charge in [-0.2, -0.15) is 0 Å². The summed E-state index contributed by atoms with van der Waals surface area (Å²) in [5.74, 6) is 1.36. The van der Waals surface area contributed by atoms with Crippen LogP contribution in [0.15, 0.2) is 12.4 Å². The number of hydrogen-bond acceptors (Lipinski definition) is 3. The zero-order valence-corrected chi connectivity index (χ0v) is 15.9. The summed E-state index contributed by atoms with van der Waals surface area (Å²) in [7, 11) is 2.00. The quantitative estimate of drug-likeness (QED) is 0.858. The molecule has 1 aromatic rings. The van der Waals surface area contributed by atoms with Gasteiger partial charge >= 0.3 is 0 Å². The molecule has 140 valence electrons. The fourth-order valence-corrected chi connectivity index (χ4v) is 4.53. The lowest BCUT2D eigenvalue weighted by Gasteiger charge is -2.39. The van der Waals surface area contributed by atoms with Crippen LogP contribution in [0, 0.1) is 5.92 Å². The summed E-state index contributed by atoms with van der Waals surface area (Å²) < 4.78 is 2.02. The maximum absolute atomic E-state index is 12.8. The zero-order valence-electron chi connectivity index (χ0n) is 15.9. The minimum atomic E-state index is 0.0360. The third-order valence-corrected chi connectivity index (χ3v) is 6.06. The van der Waals surface area contributed by atoms with Crippen molar-refractivity contribution in [1.82, 2.24) is 19.8 Å².